The molecule has 29 heavy (non-hydrogen) atoms. The number of nitrogens with zero attached hydrogens (tertiary/aromatic N) is 3. The number of benzene rings is 2. The van der Waals surface area contributed by atoms with Gasteiger partial charge in [-0.15, -0.1) is 0 Å². The molecule has 0 fully saturated rings. The lowest BCUT2D eigenvalue weighted by molar-refractivity contribution is -0.384. The maximum Gasteiger partial charge on any atom is 0.290 e. The third kappa shape index (κ3) is 4.10. The average Bonchev–Trinajstić information content (AvgIpc) is 2.74. The van der Waals surface area contributed by atoms with Gasteiger partial charge >= 0.3 is 0 Å². The molecular weight excluding hydrogens is 378 g/mol. The normalized spacial score (nSPS) is 10.5. The van der Waals surface area contributed by atoms with E-state index in [2.05, 4.69) is 16.0 Å². The smallest absolute Gasteiger partial charge is 0.267 e. The van der Waals surface area contributed by atoms with Crippen molar-refractivity contribution < 1.29 is 14.5 Å². The van der Waals surface area contributed by atoms with Gasteiger partial charge in [0.05, 0.1) is 10.3 Å². The van der Waals surface area contributed by atoms with Crippen LogP contribution in [0.3, 0.4) is 0 Å². The molecule has 3 rings (SSSR count). The fraction of sp³-hybridized carbons (Fsp3) is 0.158. The molecule has 1 heterocycles. The quantitative estimate of drug-likeness (QED) is 0.499. The van der Waals surface area contributed by atoms with Gasteiger partial charge in [0, 0.05) is 29.6 Å². The highest BCUT2D eigenvalue weighted by atomic mass is 16.6. The fourth-order valence-electron chi connectivity index (χ4n) is 2.75. The highest BCUT2D eigenvalue weighted by molar-refractivity contribution is 6.06. The van der Waals surface area contributed by atoms with Gasteiger partial charge in [0.1, 0.15) is 0 Å². The summed E-state index contributed by atoms with van der Waals surface area (Å²) in [5, 5.41) is 15.5. The molecule has 0 radical (unpaired) electrons. The van der Waals surface area contributed by atoms with E-state index < -0.39 is 16.7 Å². The number of hydrazine groups is 1. The molecule has 0 bridgehead atoms. The van der Waals surface area contributed by atoms with Crippen LogP contribution in [0.5, 0.6) is 0 Å². The molecule has 3 aromatic rings. The van der Waals surface area contributed by atoms with E-state index in [1.807, 2.05) is 6.92 Å². The topological polar surface area (TPSA) is 136 Å². The molecule has 10 heteroatoms. The number of fused-ring (bicyclic) bond motifs is 1. The first kappa shape index (κ1) is 19.7. The number of carbonyl (C=O) groups is 2. The summed E-state index contributed by atoms with van der Waals surface area (Å²) in [7, 11) is 0. The summed E-state index contributed by atoms with van der Waals surface area (Å²) in [5.74, 6) is -1.35. The van der Waals surface area contributed by atoms with Crippen LogP contribution < -0.4 is 16.4 Å². The molecule has 148 valence electrons. The SMILES string of the molecule is CCCn1nc(C(=O)NNC(=O)c2ccc([N+](=O)[O-])cc2)c2ccccc2c1=O. The molecule has 0 atom stereocenters. The van der Waals surface area contributed by atoms with Crippen molar-refractivity contribution in [2.45, 2.75) is 19.9 Å². The molecule has 2 aromatic carbocycles. The average molecular weight is 395 g/mol. The number of aromatic nitrogens is 2. The molecule has 0 spiro atoms. The van der Waals surface area contributed by atoms with Crippen molar-refractivity contribution in [3.8, 4) is 0 Å². The summed E-state index contributed by atoms with van der Waals surface area (Å²) in [4.78, 5) is 47.4. The largest absolute Gasteiger partial charge is 0.290 e. The van der Waals surface area contributed by atoms with Gasteiger partial charge in [-0.2, -0.15) is 5.10 Å². The van der Waals surface area contributed by atoms with Crippen LogP contribution in [0.2, 0.25) is 0 Å². The van der Waals surface area contributed by atoms with E-state index >= 15 is 0 Å². The molecule has 0 unspecified atom stereocenters. The predicted molar refractivity (Wildman–Crippen MR) is 104 cm³/mol. The molecule has 10 nitrogen and oxygen atoms in total. The Balaban J connectivity index is 1.82. The van der Waals surface area contributed by atoms with E-state index in [0.717, 1.165) is 0 Å². The molecule has 0 aliphatic carbocycles. The number of amides is 2. The van der Waals surface area contributed by atoms with Gasteiger partial charge in [0.25, 0.3) is 23.1 Å². The monoisotopic (exact) mass is 395 g/mol. The highest BCUT2D eigenvalue weighted by Crippen LogP contribution is 2.14. The van der Waals surface area contributed by atoms with Crippen molar-refractivity contribution in [2.24, 2.45) is 0 Å². The van der Waals surface area contributed by atoms with Crippen molar-refractivity contribution in [1.82, 2.24) is 20.6 Å². The maximum atomic E-state index is 12.6. The Labute approximate surface area is 164 Å². The minimum absolute atomic E-state index is 0.00218. The Bertz CT molecular complexity index is 1150. The highest BCUT2D eigenvalue weighted by Gasteiger charge is 2.17. The first-order valence-electron chi connectivity index (χ1n) is 8.77. The third-order valence-corrected chi connectivity index (χ3v) is 4.15. The molecular formula is C19H17N5O5. The minimum Gasteiger partial charge on any atom is -0.267 e. The van der Waals surface area contributed by atoms with Gasteiger partial charge in [0.15, 0.2) is 5.69 Å². The van der Waals surface area contributed by atoms with E-state index in [0.29, 0.717) is 23.7 Å². The van der Waals surface area contributed by atoms with Gasteiger partial charge in [-0.3, -0.25) is 35.3 Å². The van der Waals surface area contributed by atoms with E-state index in [4.69, 9.17) is 0 Å². The molecule has 0 saturated carbocycles. The summed E-state index contributed by atoms with van der Waals surface area (Å²) in [6, 6.07) is 11.5. The number of carbonyl (C=O) groups excluding carboxylic acids is 2. The Morgan fingerprint density at radius 2 is 1.66 bits per heavy atom. The second-order valence-corrected chi connectivity index (χ2v) is 6.13. The maximum absolute atomic E-state index is 12.6. The number of hydrogen-bond donors (Lipinski definition) is 2. The Morgan fingerprint density at radius 3 is 2.28 bits per heavy atom. The summed E-state index contributed by atoms with van der Waals surface area (Å²) < 4.78 is 1.22. The summed E-state index contributed by atoms with van der Waals surface area (Å²) in [6.45, 7) is 2.23. The molecule has 2 N–H and O–H groups in total. The number of non-ortho nitro benzene ring substituents is 1. The Kier molecular flexibility index (Phi) is 5.63. The first-order valence-corrected chi connectivity index (χ1v) is 8.77. The van der Waals surface area contributed by atoms with E-state index in [-0.39, 0.29) is 22.5 Å². The van der Waals surface area contributed by atoms with Gasteiger partial charge in [0.2, 0.25) is 0 Å². The van der Waals surface area contributed by atoms with Crippen molar-refractivity contribution >= 4 is 28.3 Å². The number of hydrogen-bond acceptors (Lipinski definition) is 6. The van der Waals surface area contributed by atoms with Crippen LogP contribution in [0, 0.1) is 10.1 Å². The summed E-state index contributed by atoms with van der Waals surface area (Å²) >= 11 is 0. The third-order valence-electron chi connectivity index (χ3n) is 4.15. The second-order valence-electron chi connectivity index (χ2n) is 6.13. The minimum atomic E-state index is -0.693. The summed E-state index contributed by atoms with van der Waals surface area (Å²) in [6.07, 6.45) is 0.656. The van der Waals surface area contributed by atoms with Crippen LogP contribution in [-0.2, 0) is 6.54 Å². The molecule has 1 aromatic heterocycles. The van der Waals surface area contributed by atoms with Gasteiger partial charge in [-0.05, 0) is 24.6 Å². The number of nitro benzene ring substituents is 1. The van der Waals surface area contributed by atoms with Crippen molar-refractivity contribution in [2.75, 3.05) is 0 Å². The van der Waals surface area contributed by atoms with Gasteiger partial charge in [-0.25, -0.2) is 4.68 Å². The molecule has 0 aliphatic heterocycles. The molecule has 2 amide bonds. The Morgan fingerprint density at radius 1 is 1.03 bits per heavy atom. The van der Waals surface area contributed by atoms with E-state index in [1.54, 1.807) is 24.3 Å². The number of nitrogens with one attached hydrogen (secondary N) is 2. The Hall–Kier alpha value is -4.08. The van der Waals surface area contributed by atoms with Crippen LogP contribution in [0.25, 0.3) is 10.8 Å². The summed E-state index contributed by atoms with van der Waals surface area (Å²) in [5.41, 5.74) is 4.18. The van der Waals surface area contributed by atoms with Crippen molar-refractivity contribution in [1.29, 1.82) is 0 Å². The van der Waals surface area contributed by atoms with E-state index in [1.165, 1.54) is 28.9 Å². The second kappa shape index (κ2) is 8.30. The predicted octanol–water partition coefficient (Wildman–Crippen LogP) is 1.79. The van der Waals surface area contributed by atoms with Crippen LogP contribution in [0.15, 0.2) is 53.3 Å². The lowest BCUT2D eigenvalue weighted by Crippen LogP contribution is -2.42. The lowest BCUT2D eigenvalue weighted by Gasteiger charge is -2.11. The molecule has 0 saturated heterocycles. The van der Waals surface area contributed by atoms with Crippen LogP contribution in [-0.4, -0.2) is 26.5 Å². The van der Waals surface area contributed by atoms with Gasteiger partial charge in [-0.1, -0.05) is 25.1 Å². The first-order chi connectivity index (χ1) is 13.9. The zero-order valence-electron chi connectivity index (χ0n) is 15.4. The van der Waals surface area contributed by atoms with Crippen molar-refractivity contribution in [3.05, 3.63) is 80.3 Å². The van der Waals surface area contributed by atoms with Crippen LogP contribution in [0.4, 0.5) is 5.69 Å². The van der Waals surface area contributed by atoms with E-state index in [9.17, 15) is 24.5 Å². The van der Waals surface area contributed by atoms with Crippen molar-refractivity contribution in [3.63, 3.8) is 0 Å². The fourth-order valence-corrected chi connectivity index (χ4v) is 2.75. The zero-order chi connectivity index (χ0) is 21.0. The van der Waals surface area contributed by atoms with Crippen LogP contribution >= 0.6 is 0 Å². The molecule has 0 aliphatic rings. The number of nitro groups is 1. The van der Waals surface area contributed by atoms with Crippen LogP contribution in [0.1, 0.15) is 34.2 Å². The number of aryl methyl sites for hydroxylation is 1. The standard InChI is InChI=1S/C19H17N5O5/c1-2-11-23-19(27)15-6-4-3-5-14(15)16(22-23)18(26)21-20-17(25)12-7-9-13(10-8-12)24(28)29/h3-10H,2,11H2,1H3,(H,20,25)(H,21,26). The lowest BCUT2D eigenvalue weighted by atomic mass is 10.1. The number of rotatable bonds is 5. The zero-order valence-corrected chi connectivity index (χ0v) is 15.4. The van der Waals surface area contributed by atoms with Gasteiger partial charge < -0.3 is 0 Å².